The number of carbonyl (C=O) groups is 2. The van der Waals surface area contributed by atoms with Crippen LogP contribution in [-0.2, 0) is 4.79 Å². The van der Waals surface area contributed by atoms with Gasteiger partial charge in [0.15, 0.2) is 5.78 Å². The molecule has 0 amide bonds. The van der Waals surface area contributed by atoms with Crippen LogP contribution < -0.4 is 0 Å². The number of benzene rings is 1. The molecule has 0 radical (unpaired) electrons. The van der Waals surface area contributed by atoms with Crippen LogP contribution in [0.25, 0.3) is 0 Å². The van der Waals surface area contributed by atoms with Crippen molar-refractivity contribution in [2.75, 3.05) is 0 Å². The van der Waals surface area contributed by atoms with Crippen molar-refractivity contribution >= 4 is 11.8 Å². The van der Waals surface area contributed by atoms with Crippen molar-refractivity contribution < 1.29 is 14.7 Å². The van der Waals surface area contributed by atoms with Crippen molar-refractivity contribution in [2.24, 2.45) is 0 Å². The second-order valence-corrected chi connectivity index (χ2v) is 2.86. The monoisotopic (exact) mass is 190 g/mol. The summed E-state index contributed by atoms with van der Waals surface area (Å²) in [4.78, 5) is 21.9. The minimum absolute atomic E-state index is 0.226. The molecule has 0 saturated heterocycles. The lowest BCUT2D eigenvalue weighted by atomic mass is 10.0. The smallest absolute Gasteiger partial charge is 0.328 e. The Balaban J connectivity index is 2.92. The van der Waals surface area contributed by atoms with Crippen LogP contribution in [0.2, 0.25) is 0 Å². The average Bonchev–Trinajstić information content (AvgIpc) is 2.17. The fourth-order valence-corrected chi connectivity index (χ4v) is 1.07. The number of carbonyl (C=O) groups excluding carboxylic acids is 1. The Bertz CT molecular complexity index is 377. The van der Waals surface area contributed by atoms with Gasteiger partial charge in [0, 0.05) is 17.2 Å². The van der Waals surface area contributed by atoms with Crippen LogP contribution in [0, 0.1) is 0 Å². The fourth-order valence-electron chi connectivity index (χ4n) is 1.07. The summed E-state index contributed by atoms with van der Waals surface area (Å²) in [5.41, 5.74) is 0.728. The molecule has 0 atom stereocenters. The van der Waals surface area contributed by atoms with Crippen molar-refractivity contribution in [3.8, 4) is 0 Å². The average molecular weight is 190 g/mol. The van der Waals surface area contributed by atoms with E-state index in [4.69, 9.17) is 5.11 Å². The Morgan fingerprint density at radius 3 is 2.29 bits per heavy atom. The number of carboxylic acids is 1. The van der Waals surface area contributed by atoms with Gasteiger partial charge >= 0.3 is 5.97 Å². The first-order valence-electron chi connectivity index (χ1n) is 4.12. The molecule has 0 unspecified atom stereocenters. The molecule has 0 spiro atoms. The van der Waals surface area contributed by atoms with E-state index in [2.05, 4.69) is 0 Å². The minimum atomic E-state index is -1.10. The largest absolute Gasteiger partial charge is 0.478 e. The maximum absolute atomic E-state index is 11.5. The van der Waals surface area contributed by atoms with Crippen LogP contribution in [0.5, 0.6) is 0 Å². The van der Waals surface area contributed by atoms with Crippen molar-refractivity contribution in [2.45, 2.75) is 6.92 Å². The van der Waals surface area contributed by atoms with Gasteiger partial charge in [-0.05, 0) is 6.92 Å². The first-order valence-corrected chi connectivity index (χ1v) is 4.12. The van der Waals surface area contributed by atoms with E-state index >= 15 is 0 Å². The van der Waals surface area contributed by atoms with Crippen molar-refractivity contribution in [1.29, 1.82) is 0 Å². The lowest BCUT2D eigenvalue weighted by Crippen LogP contribution is -2.02. The summed E-state index contributed by atoms with van der Waals surface area (Å²) in [5.74, 6) is -1.36. The van der Waals surface area contributed by atoms with E-state index in [0.717, 1.165) is 6.08 Å². The maximum Gasteiger partial charge on any atom is 0.328 e. The van der Waals surface area contributed by atoms with Gasteiger partial charge in [0.05, 0.1) is 0 Å². The molecule has 3 heteroatoms. The van der Waals surface area contributed by atoms with Gasteiger partial charge in [0.2, 0.25) is 0 Å². The van der Waals surface area contributed by atoms with Crippen molar-refractivity contribution in [1.82, 2.24) is 0 Å². The summed E-state index contributed by atoms with van der Waals surface area (Å²) in [6.45, 7) is 1.49. The summed E-state index contributed by atoms with van der Waals surface area (Å²) < 4.78 is 0. The molecule has 0 aromatic heterocycles. The summed E-state index contributed by atoms with van der Waals surface area (Å²) in [6.07, 6.45) is 0.912. The van der Waals surface area contributed by atoms with Gasteiger partial charge in [-0.1, -0.05) is 30.3 Å². The number of carboxylic acid groups (broad SMARTS) is 1. The highest BCUT2D eigenvalue weighted by Gasteiger charge is 2.07. The zero-order valence-electron chi connectivity index (χ0n) is 7.73. The number of Topliss-reactive ketones (excluding diaryl/α,β-unsaturated/α-hetero) is 1. The predicted octanol–water partition coefficient (Wildman–Crippen LogP) is 1.90. The van der Waals surface area contributed by atoms with Gasteiger partial charge in [-0.3, -0.25) is 4.79 Å². The van der Waals surface area contributed by atoms with Crippen LogP contribution in [0.1, 0.15) is 17.3 Å². The molecule has 0 fully saturated rings. The molecular weight excluding hydrogens is 180 g/mol. The molecule has 0 saturated carbocycles. The van der Waals surface area contributed by atoms with E-state index < -0.39 is 5.97 Å². The molecule has 0 aliphatic carbocycles. The summed E-state index contributed by atoms with van der Waals surface area (Å²) in [7, 11) is 0. The molecule has 0 aliphatic rings. The second-order valence-electron chi connectivity index (χ2n) is 2.86. The molecule has 1 N–H and O–H groups in total. The van der Waals surface area contributed by atoms with Crippen LogP contribution in [0.15, 0.2) is 42.0 Å². The third-order valence-electron chi connectivity index (χ3n) is 1.73. The zero-order chi connectivity index (χ0) is 10.6. The maximum atomic E-state index is 11.5. The number of hydrogen-bond acceptors (Lipinski definition) is 2. The quantitative estimate of drug-likeness (QED) is 0.585. The van der Waals surface area contributed by atoms with Gasteiger partial charge in [-0.15, -0.1) is 0 Å². The number of rotatable bonds is 3. The highest BCUT2D eigenvalue weighted by Crippen LogP contribution is 2.07. The molecule has 0 heterocycles. The van der Waals surface area contributed by atoms with E-state index in [-0.39, 0.29) is 11.4 Å². The van der Waals surface area contributed by atoms with Crippen LogP contribution in [0.4, 0.5) is 0 Å². The van der Waals surface area contributed by atoms with Gasteiger partial charge < -0.3 is 5.11 Å². The third kappa shape index (κ3) is 2.55. The minimum Gasteiger partial charge on any atom is -0.478 e. The lowest BCUT2D eigenvalue weighted by molar-refractivity contribution is -0.131. The van der Waals surface area contributed by atoms with Crippen molar-refractivity contribution in [3.63, 3.8) is 0 Å². The third-order valence-corrected chi connectivity index (χ3v) is 1.73. The molecule has 3 nitrogen and oxygen atoms in total. The predicted molar refractivity (Wildman–Crippen MR) is 52.2 cm³/mol. The SMILES string of the molecule is C/C(=C/C(=O)O)C(=O)c1ccccc1. The van der Waals surface area contributed by atoms with Crippen molar-refractivity contribution in [3.05, 3.63) is 47.5 Å². The lowest BCUT2D eigenvalue weighted by Gasteiger charge is -1.98. The Kier molecular flexibility index (Phi) is 3.18. The molecule has 1 aromatic carbocycles. The van der Waals surface area contributed by atoms with Crippen LogP contribution in [-0.4, -0.2) is 16.9 Å². The molecular formula is C11H10O3. The second kappa shape index (κ2) is 4.37. The normalized spacial score (nSPS) is 11.1. The van der Waals surface area contributed by atoms with Gasteiger partial charge in [0.25, 0.3) is 0 Å². The molecule has 1 aromatic rings. The molecule has 0 aliphatic heterocycles. The fraction of sp³-hybridized carbons (Fsp3) is 0.0909. The van der Waals surface area contributed by atoms with E-state index in [1.165, 1.54) is 6.92 Å². The molecule has 1 rings (SSSR count). The van der Waals surface area contributed by atoms with Gasteiger partial charge in [0.1, 0.15) is 0 Å². The molecule has 0 bridgehead atoms. The summed E-state index contributed by atoms with van der Waals surface area (Å²) >= 11 is 0. The van der Waals surface area contributed by atoms with E-state index in [0.29, 0.717) is 5.56 Å². The first kappa shape index (κ1) is 10.2. The summed E-state index contributed by atoms with van der Waals surface area (Å²) in [5, 5.41) is 8.45. The first-order chi connectivity index (χ1) is 6.61. The Morgan fingerprint density at radius 1 is 1.21 bits per heavy atom. The number of hydrogen-bond donors (Lipinski definition) is 1. The Morgan fingerprint density at radius 2 is 1.79 bits per heavy atom. The number of allylic oxidation sites excluding steroid dienone is 1. The Labute approximate surface area is 81.7 Å². The topological polar surface area (TPSA) is 54.4 Å². The number of ketones is 1. The van der Waals surface area contributed by atoms with Gasteiger partial charge in [-0.2, -0.15) is 0 Å². The standard InChI is InChI=1S/C11H10O3/c1-8(7-10(12)13)11(14)9-5-3-2-4-6-9/h2-7H,1H3,(H,12,13)/b8-7-. The Hall–Kier alpha value is -1.90. The van der Waals surface area contributed by atoms with Crippen LogP contribution >= 0.6 is 0 Å². The number of aliphatic carboxylic acids is 1. The highest BCUT2D eigenvalue weighted by molar-refractivity contribution is 6.10. The summed E-state index contributed by atoms with van der Waals surface area (Å²) in [6, 6.07) is 8.58. The highest BCUT2D eigenvalue weighted by atomic mass is 16.4. The zero-order valence-corrected chi connectivity index (χ0v) is 7.73. The van der Waals surface area contributed by atoms with Crippen LogP contribution in [0.3, 0.4) is 0 Å². The molecule has 72 valence electrons. The van der Waals surface area contributed by atoms with E-state index in [1.54, 1.807) is 30.3 Å². The van der Waals surface area contributed by atoms with Gasteiger partial charge in [-0.25, -0.2) is 4.79 Å². The van der Waals surface area contributed by atoms with E-state index in [1.807, 2.05) is 0 Å². The van der Waals surface area contributed by atoms with E-state index in [9.17, 15) is 9.59 Å². The molecule has 14 heavy (non-hydrogen) atoms.